The minimum absolute atomic E-state index is 0.231. The number of amides is 1. The summed E-state index contributed by atoms with van der Waals surface area (Å²) in [5.41, 5.74) is 8.59. The molecular formula is C6H8N6OS. The van der Waals surface area contributed by atoms with Crippen LogP contribution in [0.2, 0.25) is 0 Å². The highest BCUT2D eigenvalue weighted by Crippen LogP contribution is 2.07. The van der Waals surface area contributed by atoms with Crippen LogP contribution in [0.15, 0.2) is 5.11 Å². The molecule has 0 aliphatic heterocycles. The van der Waals surface area contributed by atoms with Crippen molar-refractivity contribution in [2.45, 2.75) is 6.92 Å². The van der Waals surface area contributed by atoms with Crippen LogP contribution in [0.5, 0.6) is 0 Å². The number of rotatable bonds is 4. The molecule has 0 aliphatic rings. The van der Waals surface area contributed by atoms with Gasteiger partial charge in [-0.05, 0) is 24.0 Å². The average Bonchev–Trinajstić information content (AvgIpc) is 2.59. The van der Waals surface area contributed by atoms with Gasteiger partial charge in [0.05, 0.1) is 5.69 Å². The van der Waals surface area contributed by atoms with Crippen molar-refractivity contribution in [2.24, 2.45) is 5.11 Å². The number of nitrogens with zero attached hydrogens (tertiary/aromatic N) is 5. The number of nitrogens with one attached hydrogen (secondary N) is 1. The molecule has 0 aromatic carbocycles. The Morgan fingerprint density at radius 3 is 3.14 bits per heavy atom. The van der Waals surface area contributed by atoms with Gasteiger partial charge in [-0.1, -0.05) is 9.60 Å². The van der Waals surface area contributed by atoms with Crippen LogP contribution in [-0.2, 0) is 0 Å². The zero-order chi connectivity index (χ0) is 10.4. The van der Waals surface area contributed by atoms with Crippen molar-refractivity contribution in [3.63, 3.8) is 0 Å². The Labute approximate surface area is 83.9 Å². The molecule has 1 amide bonds. The lowest BCUT2D eigenvalue weighted by Gasteiger charge is -1.99. The second-order valence-corrected chi connectivity index (χ2v) is 3.15. The summed E-state index contributed by atoms with van der Waals surface area (Å²) in [5.74, 6) is -0.231. The number of hydrogen-bond donors (Lipinski definition) is 1. The third kappa shape index (κ3) is 2.68. The second-order valence-electron chi connectivity index (χ2n) is 2.40. The standard InChI is InChI=1S/C6H8N6OS/c1-4-5(14-12-10-4)6(13)8-2-3-9-11-7/h2-3H2,1H3,(H,8,13). The minimum Gasteiger partial charge on any atom is -0.351 e. The molecule has 7 nitrogen and oxygen atoms in total. The van der Waals surface area contributed by atoms with E-state index in [4.69, 9.17) is 5.53 Å². The van der Waals surface area contributed by atoms with Gasteiger partial charge in [-0.15, -0.1) is 5.10 Å². The third-order valence-electron chi connectivity index (χ3n) is 1.42. The minimum atomic E-state index is -0.231. The fourth-order valence-corrected chi connectivity index (χ4v) is 1.36. The van der Waals surface area contributed by atoms with E-state index >= 15 is 0 Å². The van der Waals surface area contributed by atoms with Crippen molar-refractivity contribution in [1.82, 2.24) is 14.9 Å². The van der Waals surface area contributed by atoms with Gasteiger partial charge in [0.2, 0.25) is 0 Å². The normalized spacial score (nSPS) is 9.21. The van der Waals surface area contributed by atoms with Gasteiger partial charge >= 0.3 is 0 Å². The SMILES string of the molecule is Cc1nnsc1C(=O)NCCN=[N+]=[N-]. The Balaban J connectivity index is 2.43. The predicted molar refractivity (Wildman–Crippen MR) is 51.0 cm³/mol. The fourth-order valence-electron chi connectivity index (χ4n) is 0.784. The molecule has 1 N–H and O–H groups in total. The van der Waals surface area contributed by atoms with E-state index in [1.54, 1.807) is 6.92 Å². The molecule has 1 rings (SSSR count). The molecule has 0 saturated carbocycles. The van der Waals surface area contributed by atoms with Crippen LogP contribution >= 0.6 is 11.5 Å². The Hall–Kier alpha value is -1.66. The number of carbonyl (C=O) groups excluding carboxylic acids is 1. The molecule has 0 spiro atoms. The van der Waals surface area contributed by atoms with E-state index in [1.807, 2.05) is 0 Å². The highest BCUT2D eigenvalue weighted by atomic mass is 32.1. The highest BCUT2D eigenvalue weighted by molar-refractivity contribution is 7.07. The summed E-state index contributed by atoms with van der Waals surface area (Å²) in [6, 6.07) is 0. The molecule has 0 unspecified atom stereocenters. The zero-order valence-corrected chi connectivity index (χ0v) is 8.28. The van der Waals surface area contributed by atoms with E-state index in [0.29, 0.717) is 17.1 Å². The van der Waals surface area contributed by atoms with Crippen LogP contribution in [0.25, 0.3) is 10.4 Å². The van der Waals surface area contributed by atoms with Crippen LogP contribution < -0.4 is 5.32 Å². The van der Waals surface area contributed by atoms with Crippen LogP contribution in [0.1, 0.15) is 15.4 Å². The topological polar surface area (TPSA) is 104 Å². The van der Waals surface area contributed by atoms with E-state index in [9.17, 15) is 4.79 Å². The van der Waals surface area contributed by atoms with Crippen LogP contribution in [0.3, 0.4) is 0 Å². The molecule has 0 aliphatic carbocycles. The Morgan fingerprint density at radius 2 is 2.57 bits per heavy atom. The van der Waals surface area contributed by atoms with Crippen molar-refractivity contribution >= 4 is 17.4 Å². The van der Waals surface area contributed by atoms with Gasteiger partial charge in [0, 0.05) is 18.0 Å². The van der Waals surface area contributed by atoms with Gasteiger partial charge in [0.15, 0.2) is 0 Å². The number of aromatic nitrogens is 2. The molecular weight excluding hydrogens is 204 g/mol. The van der Waals surface area contributed by atoms with Gasteiger partial charge in [-0.25, -0.2) is 0 Å². The smallest absolute Gasteiger partial charge is 0.264 e. The van der Waals surface area contributed by atoms with Crippen molar-refractivity contribution in [3.05, 3.63) is 21.0 Å². The molecule has 0 atom stereocenters. The molecule has 0 bridgehead atoms. The number of aryl methyl sites for hydroxylation is 1. The van der Waals surface area contributed by atoms with Crippen LogP contribution in [0.4, 0.5) is 0 Å². The molecule has 1 aromatic rings. The van der Waals surface area contributed by atoms with Crippen molar-refractivity contribution in [1.29, 1.82) is 0 Å². The van der Waals surface area contributed by atoms with Gasteiger partial charge in [0.1, 0.15) is 4.88 Å². The predicted octanol–water partition coefficient (Wildman–Crippen LogP) is 0.887. The molecule has 8 heteroatoms. The molecule has 0 fully saturated rings. The van der Waals surface area contributed by atoms with Crippen molar-refractivity contribution < 1.29 is 4.79 Å². The van der Waals surface area contributed by atoms with Crippen LogP contribution in [-0.4, -0.2) is 28.6 Å². The Morgan fingerprint density at radius 1 is 1.79 bits per heavy atom. The summed E-state index contributed by atoms with van der Waals surface area (Å²) < 4.78 is 3.64. The molecule has 1 heterocycles. The fraction of sp³-hybridized carbons (Fsp3) is 0.500. The largest absolute Gasteiger partial charge is 0.351 e. The van der Waals surface area contributed by atoms with E-state index < -0.39 is 0 Å². The van der Waals surface area contributed by atoms with Crippen molar-refractivity contribution in [2.75, 3.05) is 13.1 Å². The number of carbonyl (C=O) groups is 1. The summed E-state index contributed by atoms with van der Waals surface area (Å²) >= 11 is 1.04. The second kappa shape index (κ2) is 5.15. The third-order valence-corrected chi connectivity index (χ3v) is 2.25. The van der Waals surface area contributed by atoms with E-state index in [2.05, 4.69) is 24.9 Å². The van der Waals surface area contributed by atoms with Crippen molar-refractivity contribution in [3.8, 4) is 0 Å². The maximum atomic E-state index is 11.4. The average molecular weight is 212 g/mol. The highest BCUT2D eigenvalue weighted by Gasteiger charge is 2.11. The van der Waals surface area contributed by atoms with E-state index in [1.165, 1.54) is 0 Å². The van der Waals surface area contributed by atoms with Crippen LogP contribution in [0, 0.1) is 6.92 Å². The number of azide groups is 1. The molecule has 1 aromatic heterocycles. The summed E-state index contributed by atoms with van der Waals surface area (Å²) in [6.07, 6.45) is 0. The van der Waals surface area contributed by atoms with Gasteiger partial charge in [-0.3, -0.25) is 4.79 Å². The van der Waals surface area contributed by atoms with E-state index in [-0.39, 0.29) is 12.5 Å². The zero-order valence-electron chi connectivity index (χ0n) is 7.47. The maximum absolute atomic E-state index is 11.4. The summed E-state index contributed by atoms with van der Waals surface area (Å²) in [6.45, 7) is 2.28. The quantitative estimate of drug-likeness (QED) is 0.346. The molecule has 74 valence electrons. The molecule has 0 radical (unpaired) electrons. The lowest BCUT2D eigenvalue weighted by Crippen LogP contribution is -2.25. The first-order valence-electron chi connectivity index (χ1n) is 3.83. The Kier molecular flexibility index (Phi) is 3.84. The first-order valence-corrected chi connectivity index (χ1v) is 4.61. The maximum Gasteiger partial charge on any atom is 0.264 e. The Bertz CT molecular complexity index is 368. The van der Waals surface area contributed by atoms with Gasteiger partial charge in [0.25, 0.3) is 5.91 Å². The number of hydrogen-bond acceptors (Lipinski definition) is 5. The van der Waals surface area contributed by atoms with Gasteiger partial charge in [-0.2, -0.15) is 0 Å². The first-order chi connectivity index (χ1) is 6.75. The lowest BCUT2D eigenvalue weighted by molar-refractivity contribution is 0.0958. The lowest BCUT2D eigenvalue weighted by atomic mass is 10.4. The summed E-state index contributed by atoms with van der Waals surface area (Å²) in [4.78, 5) is 14.4. The molecule has 0 saturated heterocycles. The summed E-state index contributed by atoms with van der Waals surface area (Å²) in [5, 5.41) is 9.58. The first kappa shape index (κ1) is 10.4. The van der Waals surface area contributed by atoms with E-state index in [0.717, 1.165) is 11.5 Å². The summed E-state index contributed by atoms with van der Waals surface area (Å²) in [7, 11) is 0. The monoisotopic (exact) mass is 212 g/mol. The molecule has 14 heavy (non-hydrogen) atoms. The van der Waals surface area contributed by atoms with Gasteiger partial charge < -0.3 is 5.32 Å².